The number of benzene rings is 2. The number of thioether (sulfide) groups is 1. The van der Waals surface area contributed by atoms with Crippen molar-refractivity contribution in [1.29, 1.82) is 0 Å². The SMILES string of the molecule is COC(=O)c1ccc(NSC2=CSC(c3ccc(C4CCCC(OC)C4)cc3)N2)c(OC)c1. The van der Waals surface area contributed by atoms with Gasteiger partial charge in [-0.05, 0) is 54.5 Å². The molecule has 0 amide bonds. The molecular formula is C25H30N2O4S2. The van der Waals surface area contributed by atoms with E-state index in [1.165, 1.54) is 49.4 Å². The first-order valence-electron chi connectivity index (χ1n) is 11.0. The Morgan fingerprint density at radius 2 is 1.88 bits per heavy atom. The summed E-state index contributed by atoms with van der Waals surface area (Å²) >= 11 is 3.24. The fourth-order valence-corrected chi connectivity index (χ4v) is 6.11. The summed E-state index contributed by atoms with van der Waals surface area (Å²) in [7, 11) is 4.77. The highest BCUT2D eigenvalue weighted by Gasteiger charge is 2.24. The van der Waals surface area contributed by atoms with Crippen LogP contribution < -0.4 is 14.8 Å². The van der Waals surface area contributed by atoms with Gasteiger partial charge in [-0.15, -0.1) is 11.8 Å². The second-order valence-electron chi connectivity index (χ2n) is 8.14. The van der Waals surface area contributed by atoms with Crippen LogP contribution in [0, 0.1) is 0 Å². The summed E-state index contributed by atoms with van der Waals surface area (Å²) < 4.78 is 19.1. The zero-order chi connectivity index (χ0) is 23.2. The van der Waals surface area contributed by atoms with Crippen molar-refractivity contribution in [2.75, 3.05) is 26.1 Å². The number of anilines is 1. The molecule has 0 aromatic heterocycles. The van der Waals surface area contributed by atoms with E-state index in [-0.39, 0.29) is 11.3 Å². The van der Waals surface area contributed by atoms with Gasteiger partial charge in [0, 0.05) is 24.5 Å². The fraction of sp³-hybridized carbons (Fsp3) is 0.400. The first-order chi connectivity index (χ1) is 16.1. The Morgan fingerprint density at radius 1 is 1.09 bits per heavy atom. The minimum absolute atomic E-state index is 0.185. The fourth-order valence-electron chi connectivity index (χ4n) is 4.28. The van der Waals surface area contributed by atoms with Crippen LogP contribution in [0.3, 0.4) is 0 Å². The lowest BCUT2D eigenvalue weighted by Crippen LogP contribution is -2.20. The van der Waals surface area contributed by atoms with Crippen LogP contribution in [-0.4, -0.2) is 33.4 Å². The number of carbonyl (C=O) groups excluding carboxylic acids is 1. The van der Waals surface area contributed by atoms with Crippen molar-refractivity contribution in [3.63, 3.8) is 0 Å². The van der Waals surface area contributed by atoms with Gasteiger partial charge in [-0.2, -0.15) is 0 Å². The van der Waals surface area contributed by atoms with E-state index < -0.39 is 0 Å². The van der Waals surface area contributed by atoms with E-state index in [4.69, 9.17) is 14.2 Å². The Bertz CT molecular complexity index is 996. The van der Waals surface area contributed by atoms with E-state index in [9.17, 15) is 4.79 Å². The second-order valence-corrected chi connectivity index (χ2v) is 9.97. The zero-order valence-corrected chi connectivity index (χ0v) is 20.8. The third-order valence-electron chi connectivity index (χ3n) is 6.15. The van der Waals surface area contributed by atoms with Gasteiger partial charge in [-0.1, -0.05) is 30.7 Å². The van der Waals surface area contributed by atoms with Gasteiger partial charge in [0.2, 0.25) is 0 Å². The Morgan fingerprint density at radius 3 is 2.61 bits per heavy atom. The minimum atomic E-state index is -0.389. The third-order valence-corrected chi connectivity index (χ3v) is 8.11. The van der Waals surface area contributed by atoms with Crippen molar-refractivity contribution in [2.45, 2.75) is 43.1 Å². The summed E-state index contributed by atoms with van der Waals surface area (Å²) in [5.74, 6) is 0.790. The largest absolute Gasteiger partial charge is 0.495 e. The summed E-state index contributed by atoms with van der Waals surface area (Å²) in [6.45, 7) is 0. The molecule has 0 bridgehead atoms. The lowest BCUT2D eigenvalue weighted by Gasteiger charge is -2.28. The molecule has 2 N–H and O–H groups in total. The topological polar surface area (TPSA) is 68.8 Å². The number of carbonyl (C=O) groups is 1. The van der Waals surface area contributed by atoms with Crippen LogP contribution in [-0.2, 0) is 9.47 Å². The van der Waals surface area contributed by atoms with Crippen molar-refractivity contribution < 1.29 is 19.0 Å². The maximum absolute atomic E-state index is 11.7. The summed E-state index contributed by atoms with van der Waals surface area (Å²) in [6, 6.07) is 14.2. The van der Waals surface area contributed by atoms with Gasteiger partial charge >= 0.3 is 5.97 Å². The maximum Gasteiger partial charge on any atom is 0.337 e. The third kappa shape index (κ3) is 5.80. The monoisotopic (exact) mass is 486 g/mol. The number of esters is 1. The molecule has 3 atom stereocenters. The highest BCUT2D eigenvalue weighted by Crippen LogP contribution is 2.40. The maximum atomic E-state index is 11.7. The van der Waals surface area contributed by atoms with E-state index in [2.05, 4.69) is 39.7 Å². The average molecular weight is 487 g/mol. The smallest absolute Gasteiger partial charge is 0.337 e. The molecule has 2 aliphatic rings. The van der Waals surface area contributed by atoms with E-state index in [1.54, 1.807) is 31.0 Å². The Labute approximate surface area is 204 Å². The van der Waals surface area contributed by atoms with Crippen molar-refractivity contribution in [1.82, 2.24) is 5.32 Å². The molecule has 0 spiro atoms. The predicted octanol–water partition coefficient (Wildman–Crippen LogP) is 6.05. The summed E-state index contributed by atoms with van der Waals surface area (Å²) in [6.07, 6.45) is 5.16. The van der Waals surface area contributed by atoms with Gasteiger partial charge in [0.15, 0.2) is 0 Å². The lowest BCUT2D eigenvalue weighted by atomic mass is 9.82. The van der Waals surface area contributed by atoms with Crippen LogP contribution in [0.5, 0.6) is 5.75 Å². The standard InChI is InChI=1S/C25H30N2O4S2/c1-29-20-6-4-5-18(13-20)16-7-9-17(10-8-16)24-26-23(15-32-24)33-27-21-12-11-19(25(28)31-3)14-22(21)30-2/h7-12,14-15,18,20,24,26-27H,4-6,13H2,1-3H3. The Kier molecular flexibility index (Phi) is 8.11. The van der Waals surface area contributed by atoms with Gasteiger partial charge in [-0.3, -0.25) is 0 Å². The van der Waals surface area contributed by atoms with Crippen molar-refractivity contribution >= 4 is 35.4 Å². The van der Waals surface area contributed by atoms with E-state index in [0.29, 0.717) is 23.3 Å². The average Bonchev–Trinajstić information content (AvgIpc) is 3.36. The van der Waals surface area contributed by atoms with Crippen molar-refractivity contribution in [3.8, 4) is 5.75 Å². The predicted molar refractivity (Wildman–Crippen MR) is 136 cm³/mol. The highest BCUT2D eigenvalue weighted by molar-refractivity contribution is 8.07. The molecule has 4 rings (SSSR count). The molecule has 1 saturated carbocycles. The number of methoxy groups -OCH3 is 3. The lowest BCUT2D eigenvalue weighted by molar-refractivity contribution is 0.0600. The normalized spacial score (nSPS) is 22.3. The molecule has 8 heteroatoms. The van der Waals surface area contributed by atoms with Crippen LogP contribution in [0.4, 0.5) is 5.69 Å². The molecule has 0 saturated heterocycles. The molecular weight excluding hydrogens is 456 g/mol. The van der Waals surface area contributed by atoms with Gasteiger partial charge in [0.05, 0.1) is 36.6 Å². The summed E-state index contributed by atoms with van der Waals surface area (Å²) in [5, 5.41) is 6.90. The van der Waals surface area contributed by atoms with Crippen LogP contribution >= 0.6 is 23.7 Å². The molecule has 2 aromatic carbocycles. The van der Waals surface area contributed by atoms with Crippen LogP contribution in [0.1, 0.15) is 58.5 Å². The van der Waals surface area contributed by atoms with Crippen LogP contribution in [0.2, 0.25) is 0 Å². The molecule has 0 radical (unpaired) electrons. The highest BCUT2D eigenvalue weighted by atomic mass is 32.2. The van der Waals surface area contributed by atoms with Gasteiger partial charge < -0.3 is 24.2 Å². The number of rotatable bonds is 8. The molecule has 1 aliphatic heterocycles. The van der Waals surface area contributed by atoms with Crippen molar-refractivity contribution in [2.24, 2.45) is 0 Å². The minimum Gasteiger partial charge on any atom is -0.495 e. The molecule has 1 fully saturated rings. The Hall–Kier alpha value is -2.29. The van der Waals surface area contributed by atoms with Gasteiger partial charge in [0.1, 0.15) is 11.1 Å². The van der Waals surface area contributed by atoms with Crippen LogP contribution in [0.25, 0.3) is 0 Å². The van der Waals surface area contributed by atoms with Crippen LogP contribution in [0.15, 0.2) is 52.9 Å². The number of ether oxygens (including phenoxy) is 3. The zero-order valence-electron chi connectivity index (χ0n) is 19.1. The van der Waals surface area contributed by atoms with Gasteiger partial charge in [0.25, 0.3) is 0 Å². The summed E-state index contributed by atoms with van der Waals surface area (Å²) in [5.41, 5.74) is 3.91. The molecule has 2 aromatic rings. The number of nitrogens with one attached hydrogen (secondary N) is 2. The van der Waals surface area contributed by atoms with E-state index in [1.807, 2.05) is 13.2 Å². The molecule has 1 aliphatic carbocycles. The van der Waals surface area contributed by atoms with E-state index >= 15 is 0 Å². The Balaban J connectivity index is 1.32. The molecule has 1 heterocycles. The number of hydrogen-bond acceptors (Lipinski definition) is 8. The molecule has 176 valence electrons. The number of hydrogen-bond donors (Lipinski definition) is 2. The molecule has 3 unspecified atom stereocenters. The summed E-state index contributed by atoms with van der Waals surface area (Å²) in [4.78, 5) is 11.7. The van der Waals surface area contributed by atoms with Gasteiger partial charge in [-0.25, -0.2) is 4.79 Å². The second kappa shape index (κ2) is 11.2. The van der Waals surface area contributed by atoms with E-state index in [0.717, 1.165) is 17.1 Å². The first-order valence-corrected chi connectivity index (χ1v) is 12.8. The quantitative estimate of drug-likeness (QED) is 0.345. The van der Waals surface area contributed by atoms with Crippen molar-refractivity contribution in [3.05, 3.63) is 69.6 Å². The first kappa shape index (κ1) is 23.9. The molecule has 6 nitrogen and oxygen atoms in total. The molecule has 33 heavy (non-hydrogen) atoms.